The highest BCUT2D eigenvalue weighted by Gasteiger charge is 2.22. The van der Waals surface area contributed by atoms with E-state index in [-0.39, 0.29) is 45.7 Å². The zero-order valence-corrected chi connectivity index (χ0v) is 25.4. The van der Waals surface area contributed by atoms with Crippen molar-refractivity contribution in [3.63, 3.8) is 0 Å². The van der Waals surface area contributed by atoms with E-state index in [4.69, 9.17) is 17.1 Å². The predicted molar refractivity (Wildman–Crippen MR) is 200 cm³/mol. The van der Waals surface area contributed by atoms with Gasteiger partial charge in [0.05, 0.1) is 16.4 Å². The molecule has 0 saturated carbocycles. The third kappa shape index (κ3) is 4.00. The molecule has 2 heteroatoms. The van der Waals surface area contributed by atoms with Gasteiger partial charge in [0.2, 0.25) is 0 Å². The molecule has 2 nitrogen and oxygen atoms in total. The minimum absolute atomic E-state index is 0.170. The van der Waals surface area contributed by atoms with Crippen LogP contribution < -0.4 is 0 Å². The second-order valence-corrected chi connectivity index (χ2v) is 11.8. The quantitative estimate of drug-likeness (QED) is 0.183. The minimum Gasteiger partial charge on any atom is -0.456 e. The fourth-order valence-electron chi connectivity index (χ4n) is 7.05. The molecule has 224 valence electrons. The summed E-state index contributed by atoms with van der Waals surface area (Å²) in [5.41, 5.74) is 6.44. The molecular formula is C46H28O2. The molecule has 0 radical (unpaired) electrons. The first-order chi connectivity index (χ1) is 27.2. The monoisotopic (exact) mass is 620 g/mol. The summed E-state index contributed by atoms with van der Waals surface area (Å²) in [6.07, 6.45) is 0. The van der Waals surface area contributed by atoms with Crippen LogP contribution >= 0.6 is 0 Å². The van der Waals surface area contributed by atoms with Gasteiger partial charge >= 0.3 is 0 Å². The zero-order valence-electron chi connectivity index (χ0n) is 33.4. The maximum atomic E-state index is 9.24. The van der Waals surface area contributed by atoms with Crippen LogP contribution in [0.2, 0.25) is 0 Å². The van der Waals surface area contributed by atoms with E-state index in [1.165, 1.54) is 0 Å². The van der Waals surface area contributed by atoms with E-state index in [2.05, 4.69) is 0 Å². The van der Waals surface area contributed by atoms with Crippen LogP contribution in [-0.2, 0) is 0 Å². The molecule has 0 saturated heterocycles. The number of hydrogen-bond donors (Lipinski definition) is 0. The molecule has 0 atom stereocenters. The largest absolute Gasteiger partial charge is 0.456 e. The standard InChI is InChI=1S/C46H28O2/c1-3-13-29(14-4-1)41-33-17-7-9-19-35(33)42(36-20-10-8-18-34(36)41)31-23-25-32(26-24-31)45-43(30-15-5-2-6-16-30)38-27-28-40-44(46(38)48-45)37-21-11-12-22-39(37)47-40/h1-28H/i7D,8D,9D,10D,17D,18D,19D,20D. The van der Waals surface area contributed by atoms with Gasteiger partial charge in [0, 0.05) is 21.9 Å². The predicted octanol–water partition coefficient (Wildman–Crippen LogP) is 13.3. The maximum Gasteiger partial charge on any atom is 0.147 e. The summed E-state index contributed by atoms with van der Waals surface area (Å²) >= 11 is 0. The van der Waals surface area contributed by atoms with Crippen molar-refractivity contribution in [2.45, 2.75) is 0 Å². The van der Waals surface area contributed by atoms with E-state index in [0.717, 1.165) is 38.4 Å². The Morgan fingerprint density at radius 2 is 0.854 bits per heavy atom. The van der Waals surface area contributed by atoms with Gasteiger partial charge in [0.1, 0.15) is 22.5 Å². The number of para-hydroxylation sites is 1. The van der Waals surface area contributed by atoms with E-state index in [1.807, 2.05) is 97.1 Å². The highest BCUT2D eigenvalue weighted by Crippen LogP contribution is 2.47. The maximum absolute atomic E-state index is 9.24. The Kier molecular flexibility index (Phi) is 4.41. The third-order valence-electron chi connectivity index (χ3n) is 9.13. The second kappa shape index (κ2) is 10.6. The first-order valence-corrected chi connectivity index (χ1v) is 15.7. The number of fused-ring (bicyclic) bond motifs is 7. The molecule has 0 aliphatic rings. The van der Waals surface area contributed by atoms with Crippen molar-refractivity contribution in [2.75, 3.05) is 0 Å². The number of benzene rings is 8. The number of rotatable bonds is 4. The van der Waals surface area contributed by atoms with Crippen LogP contribution in [0.5, 0.6) is 0 Å². The van der Waals surface area contributed by atoms with Gasteiger partial charge in [-0.05, 0) is 67.6 Å². The van der Waals surface area contributed by atoms with Crippen molar-refractivity contribution in [1.29, 1.82) is 0 Å². The Labute approximate surface area is 288 Å². The van der Waals surface area contributed by atoms with Crippen LogP contribution in [0, 0.1) is 0 Å². The molecular weight excluding hydrogens is 585 g/mol. The molecule has 0 fully saturated rings. The van der Waals surface area contributed by atoms with Gasteiger partial charge in [-0.25, -0.2) is 0 Å². The van der Waals surface area contributed by atoms with Crippen LogP contribution in [0.3, 0.4) is 0 Å². The molecule has 2 aromatic heterocycles. The molecule has 0 unspecified atom stereocenters. The molecule has 0 aliphatic carbocycles. The Balaban J connectivity index is 1.29. The van der Waals surface area contributed by atoms with Gasteiger partial charge < -0.3 is 8.83 Å². The van der Waals surface area contributed by atoms with Gasteiger partial charge in [0.25, 0.3) is 0 Å². The van der Waals surface area contributed by atoms with Crippen molar-refractivity contribution in [1.82, 2.24) is 0 Å². The van der Waals surface area contributed by atoms with Gasteiger partial charge in [0.15, 0.2) is 0 Å². The van der Waals surface area contributed by atoms with Gasteiger partial charge in [-0.3, -0.25) is 0 Å². The first-order valence-electron chi connectivity index (χ1n) is 19.7. The van der Waals surface area contributed by atoms with Crippen LogP contribution in [0.4, 0.5) is 0 Å². The number of furan rings is 2. The van der Waals surface area contributed by atoms with Gasteiger partial charge in [-0.2, -0.15) is 0 Å². The zero-order chi connectivity index (χ0) is 38.6. The Morgan fingerprint density at radius 3 is 1.46 bits per heavy atom. The summed E-state index contributed by atoms with van der Waals surface area (Å²) in [4.78, 5) is 0. The molecule has 0 aliphatic heterocycles. The lowest BCUT2D eigenvalue weighted by Gasteiger charge is -2.17. The molecule has 0 N–H and O–H groups in total. The van der Waals surface area contributed by atoms with E-state index < -0.39 is 24.2 Å². The SMILES string of the molecule is [2H]c1c([2H])c([2H])c2c(-c3ccc(-c4oc5c(ccc6oc7ccccc7c65)c4-c4ccccc4)cc3)c3c([2H])c([2H])c([2H])c([2H])c3c(-c3ccccc3)c2c1[2H]. The van der Waals surface area contributed by atoms with Crippen LogP contribution in [0.25, 0.3) is 99.2 Å². The fraction of sp³-hybridized carbons (Fsp3) is 0. The lowest BCUT2D eigenvalue weighted by molar-refractivity contribution is 0.634. The lowest BCUT2D eigenvalue weighted by atomic mass is 9.86. The summed E-state index contributed by atoms with van der Waals surface area (Å²) in [6.45, 7) is 0. The average Bonchev–Trinajstić information content (AvgIpc) is 3.82. The van der Waals surface area contributed by atoms with Crippen molar-refractivity contribution in [3.05, 3.63) is 170 Å². The van der Waals surface area contributed by atoms with Gasteiger partial charge in [-0.1, -0.05) is 151 Å². The van der Waals surface area contributed by atoms with E-state index in [0.29, 0.717) is 39.2 Å². The molecule has 2 heterocycles. The molecule has 0 spiro atoms. The van der Waals surface area contributed by atoms with Crippen molar-refractivity contribution >= 4 is 54.5 Å². The molecule has 0 bridgehead atoms. The van der Waals surface area contributed by atoms with Crippen molar-refractivity contribution in [3.8, 4) is 44.7 Å². The second-order valence-electron chi connectivity index (χ2n) is 11.8. The molecule has 0 amide bonds. The molecule has 48 heavy (non-hydrogen) atoms. The lowest BCUT2D eigenvalue weighted by Crippen LogP contribution is -1.90. The fourth-order valence-corrected chi connectivity index (χ4v) is 7.05. The Bertz CT molecular complexity index is 3180. The smallest absolute Gasteiger partial charge is 0.147 e. The molecule has 10 rings (SSSR count). The molecule has 8 aromatic carbocycles. The number of hydrogen-bond acceptors (Lipinski definition) is 2. The normalized spacial score (nSPS) is 14.1. The van der Waals surface area contributed by atoms with Gasteiger partial charge in [-0.15, -0.1) is 0 Å². The van der Waals surface area contributed by atoms with E-state index in [9.17, 15) is 2.74 Å². The van der Waals surface area contributed by atoms with Crippen LogP contribution in [-0.4, -0.2) is 0 Å². The Hall–Kier alpha value is -6.38. The van der Waals surface area contributed by atoms with Crippen LogP contribution in [0.1, 0.15) is 11.0 Å². The highest BCUT2D eigenvalue weighted by molar-refractivity contribution is 6.22. The minimum atomic E-state index is -0.438. The summed E-state index contributed by atoms with van der Waals surface area (Å²) < 4.78 is 84.6. The van der Waals surface area contributed by atoms with E-state index in [1.54, 1.807) is 24.3 Å². The summed E-state index contributed by atoms with van der Waals surface area (Å²) in [5, 5.41) is 3.42. The average molecular weight is 621 g/mol. The van der Waals surface area contributed by atoms with Crippen LogP contribution in [0.15, 0.2) is 179 Å². The summed E-state index contributed by atoms with van der Waals surface area (Å²) in [5.74, 6) is 0.619. The van der Waals surface area contributed by atoms with Crippen molar-refractivity contribution < 1.29 is 19.8 Å². The Morgan fingerprint density at radius 1 is 0.354 bits per heavy atom. The highest BCUT2D eigenvalue weighted by atomic mass is 16.3. The summed E-state index contributed by atoms with van der Waals surface area (Å²) in [6, 6.07) is 35.3. The topological polar surface area (TPSA) is 26.3 Å². The van der Waals surface area contributed by atoms with E-state index >= 15 is 0 Å². The molecule has 10 aromatic rings. The van der Waals surface area contributed by atoms with Crippen molar-refractivity contribution in [2.24, 2.45) is 0 Å². The third-order valence-corrected chi connectivity index (χ3v) is 9.13. The summed E-state index contributed by atoms with van der Waals surface area (Å²) in [7, 11) is 0. The first kappa shape index (κ1) is 20.0.